The van der Waals surface area contributed by atoms with Gasteiger partial charge in [0.25, 0.3) is 0 Å². The Kier molecular flexibility index (Phi) is 21.2. The van der Waals surface area contributed by atoms with Crippen LogP contribution >= 0.6 is 24.8 Å². The first kappa shape index (κ1) is 35.6. The minimum Gasteiger partial charge on any atom is -0.184 e. The van der Waals surface area contributed by atoms with Gasteiger partial charge in [0.2, 0.25) is 0 Å². The Labute approximate surface area is 257 Å². The molecule has 2 nitrogen and oxygen atoms in total. The van der Waals surface area contributed by atoms with Crippen LogP contribution in [0.15, 0.2) is 109 Å². The van der Waals surface area contributed by atoms with Crippen LogP contribution in [0.4, 0.5) is 0 Å². The third kappa shape index (κ3) is 12.9. The Morgan fingerprint density at radius 1 is 0.763 bits per heavy atom. The third-order valence-electron chi connectivity index (χ3n) is 4.99. The molecule has 196 valence electrons. The summed E-state index contributed by atoms with van der Waals surface area (Å²) >= 11 is 1.36. The summed E-state index contributed by atoms with van der Waals surface area (Å²) in [5.41, 5.74) is 5.03. The Bertz CT molecular complexity index is 1060. The number of ether oxygens (including phenoxy) is 2. The van der Waals surface area contributed by atoms with E-state index in [1.165, 1.54) is 45.6 Å². The normalized spacial score (nSPS) is 10.2. The summed E-state index contributed by atoms with van der Waals surface area (Å²) in [6.07, 6.45) is 10.9. The van der Waals surface area contributed by atoms with Gasteiger partial charge in [-0.3, -0.25) is 6.08 Å². The van der Waals surface area contributed by atoms with Crippen molar-refractivity contribution in [2.75, 3.05) is 14.2 Å². The number of hydrogen-bond acceptors (Lipinski definition) is 2. The summed E-state index contributed by atoms with van der Waals surface area (Å²) < 4.78 is 10.5. The standard InChI is InChI=1S/C15H13O2.2C6H5.C5H5.2ClH.Si.Zr/c1-16-12-3-5-14-10(8-12)7-11-9-13(17-2)4-6-15(11)14;2*1-2-4-6-5-3-1;1-2-4-5-3-1;;;;/h3-6,8H,7H2,1-2H3;2*1-5H;1-3H,4H2;2*1H;;/q4*-1;;;;. The van der Waals surface area contributed by atoms with Crippen LogP contribution in [0.5, 0.6) is 11.5 Å². The molecule has 6 rings (SSSR count). The van der Waals surface area contributed by atoms with E-state index in [1.807, 2.05) is 84.9 Å². The van der Waals surface area contributed by atoms with Gasteiger partial charge in [0.1, 0.15) is 5.75 Å². The van der Waals surface area contributed by atoms with Crippen molar-refractivity contribution in [1.29, 1.82) is 0 Å². The quantitative estimate of drug-likeness (QED) is 0.145. The first-order chi connectivity index (χ1) is 17.8. The second-order valence-corrected chi connectivity index (χ2v) is 7.28. The van der Waals surface area contributed by atoms with E-state index in [9.17, 15) is 0 Å². The molecule has 0 aliphatic heterocycles. The topological polar surface area (TPSA) is 18.5 Å². The van der Waals surface area contributed by atoms with Gasteiger partial charge in [-0.05, 0) is 24.1 Å². The minimum atomic E-state index is 0. The molecule has 2 aliphatic carbocycles. The summed E-state index contributed by atoms with van der Waals surface area (Å²) in [6.45, 7) is 3.06. The number of allylic oxidation sites excluding steroid dienone is 4. The van der Waals surface area contributed by atoms with E-state index in [0.717, 1.165) is 24.3 Å². The van der Waals surface area contributed by atoms with Gasteiger partial charge in [-0.2, -0.15) is 84.9 Å². The fourth-order valence-corrected chi connectivity index (χ4v) is 3.35. The van der Waals surface area contributed by atoms with Gasteiger partial charge >= 0.3 is 30.2 Å². The molecular formula is C32H30Cl2O2SiZr-4. The molecule has 0 heterocycles. The fraction of sp³-hybridized carbons (Fsp3) is 0.125. The summed E-state index contributed by atoms with van der Waals surface area (Å²) in [5, 5.41) is 0. The maximum absolute atomic E-state index is 5.25. The van der Waals surface area contributed by atoms with Crippen LogP contribution in [-0.2, 0) is 29.8 Å². The van der Waals surface area contributed by atoms with Crippen molar-refractivity contribution in [2.24, 2.45) is 0 Å². The summed E-state index contributed by atoms with van der Waals surface area (Å²) in [4.78, 5) is 0. The molecule has 0 amide bonds. The first-order valence-corrected chi connectivity index (χ1v) is 15.6. The van der Waals surface area contributed by atoms with Crippen molar-refractivity contribution in [2.45, 2.75) is 12.8 Å². The van der Waals surface area contributed by atoms with Crippen molar-refractivity contribution in [3.05, 3.63) is 145 Å². The van der Waals surface area contributed by atoms with Crippen molar-refractivity contribution in [3.63, 3.8) is 0 Å². The molecule has 0 unspecified atom stereocenters. The number of fused-ring (bicyclic) bond motifs is 3. The first-order valence-electron chi connectivity index (χ1n) is 11.4. The maximum atomic E-state index is 5.25. The maximum Gasteiger partial charge on any atom is -0.171 e. The van der Waals surface area contributed by atoms with Crippen molar-refractivity contribution in [1.82, 2.24) is 0 Å². The Balaban J connectivity index is 0.000000540. The van der Waals surface area contributed by atoms with Crippen LogP contribution in [0.3, 0.4) is 0 Å². The average Bonchev–Trinajstić information content (AvgIpc) is 3.68. The molecule has 0 N–H and O–H groups in total. The molecule has 6 heteroatoms. The third-order valence-corrected chi connectivity index (χ3v) is 4.99. The summed E-state index contributed by atoms with van der Waals surface area (Å²) in [7, 11) is 3.36. The monoisotopic (exact) mass is 634 g/mol. The predicted molar refractivity (Wildman–Crippen MR) is 159 cm³/mol. The van der Waals surface area contributed by atoms with Crippen molar-refractivity contribution in [3.8, 4) is 22.6 Å². The van der Waals surface area contributed by atoms with E-state index in [-0.39, 0.29) is 24.8 Å². The van der Waals surface area contributed by atoms with Gasteiger partial charge in [-0.25, -0.2) is 12.2 Å². The molecule has 0 spiro atoms. The Hall–Kier alpha value is -2.36. The molecule has 0 saturated carbocycles. The molecule has 0 atom stereocenters. The van der Waals surface area contributed by atoms with E-state index in [4.69, 9.17) is 9.47 Å². The molecule has 4 aromatic carbocycles. The Morgan fingerprint density at radius 3 is 1.76 bits per heavy atom. The number of benzene rings is 4. The molecule has 0 saturated heterocycles. The van der Waals surface area contributed by atoms with Gasteiger partial charge in [0, 0.05) is 5.75 Å². The van der Waals surface area contributed by atoms with E-state index in [0.29, 0.717) is 0 Å². The van der Waals surface area contributed by atoms with Crippen molar-refractivity contribution < 1.29 is 32.8 Å². The van der Waals surface area contributed by atoms with Gasteiger partial charge in [0.15, 0.2) is 0 Å². The van der Waals surface area contributed by atoms with Crippen LogP contribution in [0.25, 0.3) is 11.1 Å². The SMILES string of the molecule is COc1[c-]c2c(cc1)-c1ccc(OC)cc1C2.Cl.Cl.[C-]1=CC=CC1.[Si]=[Zr].[c-]1ccccc1.[c-]1ccccc1. The van der Waals surface area contributed by atoms with Crippen LogP contribution in [0.1, 0.15) is 17.5 Å². The number of halogens is 2. The average molecular weight is 637 g/mol. The van der Waals surface area contributed by atoms with Gasteiger partial charge < -0.3 is 9.47 Å². The second-order valence-electron chi connectivity index (χ2n) is 7.28. The second kappa shape index (κ2) is 22.6. The summed E-state index contributed by atoms with van der Waals surface area (Å²) in [6, 6.07) is 38.6. The van der Waals surface area contributed by atoms with Crippen LogP contribution < -0.4 is 9.47 Å². The van der Waals surface area contributed by atoms with Gasteiger partial charge in [0.05, 0.1) is 14.2 Å². The largest absolute Gasteiger partial charge is 0.184 e. The van der Waals surface area contributed by atoms with Gasteiger partial charge in [-0.1, -0.05) is 11.6 Å². The predicted octanol–water partition coefficient (Wildman–Crippen LogP) is 7.81. The number of hydrogen-bond donors (Lipinski definition) is 0. The van der Waals surface area contributed by atoms with E-state index >= 15 is 0 Å². The molecule has 0 fully saturated rings. The molecule has 4 aromatic rings. The van der Waals surface area contributed by atoms with Crippen LogP contribution in [-0.4, -0.2) is 21.1 Å². The zero-order valence-corrected chi connectivity index (χ0v) is 26.5. The fourth-order valence-electron chi connectivity index (χ4n) is 3.35. The Morgan fingerprint density at radius 2 is 1.37 bits per heavy atom. The van der Waals surface area contributed by atoms with Crippen molar-refractivity contribution >= 4 is 31.7 Å². The van der Waals surface area contributed by atoms with Gasteiger partial charge in [-0.15, -0.1) is 54.5 Å². The minimum absolute atomic E-state index is 0. The number of rotatable bonds is 2. The molecule has 38 heavy (non-hydrogen) atoms. The number of methoxy groups -OCH3 is 2. The van der Waals surface area contributed by atoms with E-state index in [2.05, 4.69) is 55.4 Å². The smallest absolute Gasteiger partial charge is 0.171 e. The van der Waals surface area contributed by atoms with E-state index in [1.54, 1.807) is 14.2 Å². The zero-order valence-electron chi connectivity index (χ0n) is 21.4. The van der Waals surface area contributed by atoms with Crippen LogP contribution in [0, 0.1) is 24.3 Å². The molecule has 2 aliphatic rings. The molecule has 0 bridgehead atoms. The van der Waals surface area contributed by atoms with E-state index < -0.39 is 0 Å². The summed E-state index contributed by atoms with van der Waals surface area (Å²) in [5.74, 6) is 1.70. The molecule has 0 aromatic heterocycles. The molecular weight excluding hydrogens is 607 g/mol. The van der Waals surface area contributed by atoms with Crippen LogP contribution in [0.2, 0.25) is 0 Å². The zero-order chi connectivity index (χ0) is 25.8. The molecule has 2 radical (unpaired) electrons.